The van der Waals surface area contributed by atoms with E-state index in [0.717, 1.165) is 4.88 Å². The Kier molecular flexibility index (Phi) is 3.13. The zero-order valence-electron chi connectivity index (χ0n) is 11.1. The molecule has 3 N–H and O–H groups in total. The minimum absolute atomic E-state index is 0.00715. The molecule has 1 saturated carbocycles. The molecule has 1 aromatic rings. The molecule has 0 amide bonds. The first-order valence-corrected chi connectivity index (χ1v) is 8.29. The molecule has 0 aromatic carbocycles. The van der Waals surface area contributed by atoms with Crippen LogP contribution in [0.1, 0.15) is 32.6 Å². The van der Waals surface area contributed by atoms with E-state index in [-0.39, 0.29) is 16.9 Å². The minimum Gasteiger partial charge on any atom is -0.326 e. The number of sulfonamides is 1. The van der Waals surface area contributed by atoms with E-state index in [2.05, 4.69) is 32.4 Å². The van der Waals surface area contributed by atoms with Crippen LogP contribution >= 0.6 is 11.3 Å². The average Bonchev–Trinajstić information content (AvgIpc) is 2.68. The molecule has 6 heteroatoms. The van der Waals surface area contributed by atoms with Gasteiger partial charge in [0.25, 0.3) is 0 Å². The van der Waals surface area contributed by atoms with Gasteiger partial charge >= 0.3 is 0 Å². The predicted molar refractivity (Wildman–Crippen MR) is 73.9 cm³/mol. The van der Waals surface area contributed by atoms with Gasteiger partial charge in [-0.1, -0.05) is 27.7 Å². The molecule has 1 fully saturated rings. The molecule has 1 aliphatic carbocycles. The number of thiophene rings is 1. The molecule has 1 aliphatic rings. The van der Waals surface area contributed by atoms with Gasteiger partial charge in [0.1, 0.15) is 0 Å². The van der Waals surface area contributed by atoms with Crippen molar-refractivity contribution >= 4 is 21.4 Å². The fraction of sp³-hybridized carbons (Fsp3) is 0.667. The van der Waals surface area contributed by atoms with Gasteiger partial charge in [0, 0.05) is 22.8 Å². The van der Waals surface area contributed by atoms with Crippen molar-refractivity contribution in [1.29, 1.82) is 0 Å². The van der Waals surface area contributed by atoms with Crippen molar-refractivity contribution in [2.45, 2.75) is 45.2 Å². The van der Waals surface area contributed by atoms with Crippen molar-refractivity contribution in [3.63, 3.8) is 0 Å². The van der Waals surface area contributed by atoms with E-state index >= 15 is 0 Å². The summed E-state index contributed by atoms with van der Waals surface area (Å²) in [5, 5.41) is 1.65. The van der Waals surface area contributed by atoms with Crippen LogP contribution in [0.2, 0.25) is 0 Å². The van der Waals surface area contributed by atoms with Crippen molar-refractivity contribution in [2.75, 3.05) is 0 Å². The maximum atomic E-state index is 12.2. The highest BCUT2D eigenvalue weighted by Gasteiger charge is 2.66. The molecule has 2 rings (SSSR count). The summed E-state index contributed by atoms with van der Waals surface area (Å²) in [7, 11) is -3.42. The highest BCUT2D eigenvalue weighted by atomic mass is 32.2. The molecule has 102 valence electrons. The average molecular weight is 288 g/mol. The predicted octanol–water partition coefficient (Wildman–Crippen LogP) is 1.92. The third kappa shape index (κ3) is 2.01. The SMILES string of the molecule is CC1(C)C(NS(=O)(=O)c2csc(CN)c2)C1(C)C. The second kappa shape index (κ2) is 4.03. The van der Waals surface area contributed by atoms with Gasteiger partial charge in [0.2, 0.25) is 10.0 Å². The Labute approximate surface area is 113 Å². The van der Waals surface area contributed by atoms with Gasteiger partial charge in [0.15, 0.2) is 0 Å². The lowest BCUT2D eigenvalue weighted by atomic mass is 10.0. The zero-order valence-corrected chi connectivity index (χ0v) is 12.8. The summed E-state index contributed by atoms with van der Waals surface area (Å²) < 4.78 is 27.3. The maximum absolute atomic E-state index is 12.2. The van der Waals surface area contributed by atoms with Crippen molar-refractivity contribution in [2.24, 2.45) is 16.6 Å². The fourth-order valence-electron chi connectivity index (χ4n) is 2.32. The normalized spacial score (nSPS) is 22.1. The first-order chi connectivity index (χ1) is 8.13. The Balaban J connectivity index is 2.19. The third-order valence-corrected chi connectivity index (χ3v) is 6.95. The van der Waals surface area contributed by atoms with Gasteiger partial charge in [-0.05, 0) is 16.9 Å². The Morgan fingerprint density at radius 3 is 2.28 bits per heavy atom. The van der Waals surface area contributed by atoms with Gasteiger partial charge in [-0.25, -0.2) is 13.1 Å². The highest BCUT2D eigenvalue weighted by Crippen LogP contribution is 2.62. The number of nitrogens with one attached hydrogen (secondary N) is 1. The summed E-state index contributed by atoms with van der Waals surface area (Å²) in [6, 6.07) is 1.63. The number of hydrogen-bond acceptors (Lipinski definition) is 4. The molecule has 1 heterocycles. The maximum Gasteiger partial charge on any atom is 0.241 e. The molecule has 0 unspecified atom stereocenters. The lowest BCUT2D eigenvalue weighted by Crippen LogP contribution is -2.29. The molecule has 1 aromatic heterocycles. The van der Waals surface area contributed by atoms with Crippen LogP contribution in [0.25, 0.3) is 0 Å². The quantitative estimate of drug-likeness (QED) is 0.889. The van der Waals surface area contributed by atoms with Gasteiger partial charge in [-0.3, -0.25) is 0 Å². The zero-order chi connectivity index (χ0) is 13.8. The molecule has 0 radical (unpaired) electrons. The smallest absolute Gasteiger partial charge is 0.241 e. The molecule has 0 atom stereocenters. The third-order valence-electron chi connectivity index (χ3n) is 4.43. The van der Waals surface area contributed by atoms with Gasteiger partial charge in [0.05, 0.1) is 4.90 Å². The molecule has 18 heavy (non-hydrogen) atoms. The van der Waals surface area contributed by atoms with Crippen molar-refractivity contribution < 1.29 is 8.42 Å². The Morgan fingerprint density at radius 1 is 1.33 bits per heavy atom. The molecule has 4 nitrogen and oxygen atoms in total. The van der Waals surface area contributed by atoms with E-state index in [1.54, 1.807) is 11.4 Å². The molecular formula is C12H20N2O2S2. The van der Waals surface area contributed by atoms with Crippen LogP contribution in [-0.2, 0) is 16.6 Å². The first-order valence-electron chi connectivity index (χ1n) is 5.93. The van der Waals surface area contributed by atoms with Crippen LogP contribution in [0.15, 0.2) is 16.3 Å². The number of nitrogens with two attached hydrogens (primary N) is 1. The van der Waals surface area contributed by atoms with E-state index in [4.69, 9.17) is 5.73 Å². The van der Waals surface area contributed by atoms with Gasteiger partial charge in [-0.2, -0.15) is 0 Å². The lowest BCUT2D eigenvalue weighted by molar-refractivity contribution is 0.457. The van der Waals surface area contributed by atoms with Crippen molar-refractivity contribution in [3.8, 4) is 0 Å². The molecule has 0 saturated heterocycles. The summed E-state index contributed by atoms with van der Waals surface area (Å²) >= 11 is 1.38. The second-order valence-corrected chi connectivity index (χ2v) is 8.66. The van der Waals surface area contributed by atoms with Crippen molar-refractivity contribution in [1.82, 2.24) is 4.72 Å². The highest BCUT2D eigenvalue weighted by molar-refractivity contribution is 7.89. The van der Waals surface area contributed by atoms with Crippen LogP contribution in [0.4, 0.5) is 0 Å². The summed E-state index contributed by atoms with van der Waals surface area (Å²) in [5.74, 6) is 0. The summed E-state index contributed by atoms with van der Waals surface area (Å²) in [6.07, 6.45) is 0. The van der Waals surface area contributed by atoms with E-state index in [1.807, 2.05) is 0 Å². The van der Waals surface area contributed by atoms with E-state index < -0.39 is 10.0 Å². The van der Waals surface area contributed by atoms with Crippen LogP contribution < -0.4 is 10.5 Å². The van der Waals surface area contributed by atoms with Crippen LogP contribution in [0.3, 0.4) is 0 Å². The molecule has 0 aliphatic heterocycles. The monoisotopic (exact) mass is 288 g/mol. The molecule has 0 bridgehead atoms. The summed E-state index contributed by atoms with van der Waals surface area (Å²) in [5.41, 5.74) is 5.49. The second-order valence-electron chi connectivity index (χ2n) is 5.95. The first kappa shape index (κ1) is 14.0. The van der Waals surface area contributed by atoms with Crippen molar-refractivity contribution in [3.05, 3.63) is 16.3 Å². The van der Waals surface area contributed by atoms with Gasteiger partial charge < -0.3 is 5.73 Å². The van der Waals surface area contributed by atoms with Gasteiger partial charge in [-0.15, -0.1) is 11.3 Å². The fourth-order valence-corrected chi connectivity index (χ4v) is 5.01. The molecular weight excluding hydrogens is 268 g/mol. The van der Waals surface area contributed by atoms with E-state index in [1.165, 1.54) is 11.3 Å². The van der Waals surface area contributed by atoms with Crippen LogP contribution in [-0.4, -0.2) is 14.5 Å². The Bertz CT molecular complexity index is 544. The number of rotatable bonds is 4. The summed E-state index contributed by atoms with van der Waals surface area (Å²) in [4.78, 5) is 1.20. The van der Waals surface area contributed by atoms with Crippen LogP contribution in [0, 0.1) is 10.8 Å². The Hall–Kier alpha value is -0.430. The van der Waals surface area contributed by atoms with E-state index in [9.17, 15) is 8.42 Å². The Morgan fingerprint density at radius 2 is 1.89 bits per heavy atom. The topological polar surface area (TPSA) is 72.2 Å². The standard InChI is InChI=1S/C12H20N2O2S2/c1-11(2)10(12(11,3)4)14-18(15,16)9-5-8(6-13)17-7-9/h5,7,10,14H,6,13H2,1-4H3. The summed E-state index contributed by atoms with van der Waals surface area (Å²) in [6.45, 7) is 8.71. The minimum atomic E-state index is -3.42. The number of hydrogen-bond donors (Lipinski definition) is 2. The lowest BCUT2D eigenvalue weighted by Gasteiger charge is -2.06. The largest absolute Gasteiger partial charge is 0.326 e. The van der Waals surface area contributed by atoms with E-state index in [0.29, 0.717) is 11.4 Å². The van der Waals surface area contributed by atoms with Crippen LogP contribution in [0.5, 0.6) is 0 Å². The molecule has 0 spiro atoms.